The van der Waals surface area contributed by atoms with Gasteiger partial charge in [-0.15, -0.1) is 0 Å². The molecule has 0 aliphatic rings. The van der Waals surface area contributed by atoms with Crippen molar-refractivity contribution in [2.45, 2.75) is 38.4 Å². The first kappa shape index (κ1) is 12.5. The van der Waals surface area contributed by atoms with Gasteiger partial charge < -0.3 is 0 Å². The van der Waals surface area contributed by atoms with Crippen LogP contribution in [0.25, 0.3) is 0 Å². The molecule has 0 nitrogen and oxygen atoms in total. The molecule has 0 saturated heterocycles. The van der Waals surface area contributed by atoms with Crippen LogP contribution < -0.4 is 0 Å². The minimum absolute atomic E-state index is 0.426. The van der Waals surface area contributed by atoms with E-state index >= 15 is 0 Å². The normalized spacial score (nSPS) is 12.7. The maximum Gasteiger partial charge on any atom is 0.00750 e. The standard InChI is InChI=1S/C10H21PS/c1-9(11-5)7-6-8-12-10(2,3)4/h11H,1,6-8H2,2-5H3. The van der Waals surface area contributed by atoms with E-state index in [1.165, 1.54) is 23.9 Å². The second kappa shape index (κ2) is 6.05. The summed E-state index contributed by atoms with van der Waals surface area (Å²) in [6.07, 6.45) is 2.51. The second-order valence-electron chi connectivity index (χ2n) is 3.92. The summed E-state index contributed by atoms with van der Waals surface area (Å²) >= 11 is 2.05. The summed E-state index contributed by atoms with van der Waals surface area (Å²) in [5.41, 5.74) is 0. The van der Waals surface area contributed by atoms with Crippen LogP contribution in [0.2, 0.25) is 0 Å². The van der Waals surface area contributed by atoms with Crippen molar-refractivity contribution >= 4 is 20.3 Å². The van der Waals surface area contributed by atoms with Crippen LogP contribution in [0.15, 0.2) is 11.9 Å². The Kier molecular flexibility index (Phi) is 6.31. The number of hydrogen-bond donors (Lipinski definition) is 0. The van der Waals surface area contributed by atoms with Gasteiger partial charge in [-0.05, 0) is 25.3 Å². The largest absolute Gasteiger partial charge is 0.156 e. The zero-order chi connectivity index (χ0) is 9.61. The molecule has 0 spiro atoms. The Bertz CT molecular complexity index is 135. The lowest BCUT2D eigenvalue weighted by atomic mass is 10.3. The molecule has 0 aromatic carbocycles. The highest BCUT2D eigenvalue weighted by Crippen LogP contribution is 2.27. The van der Waals surface area contributed by atoms with Gasteiger partial charge >= 0.3 is 0 Å². The number of hydrogen-bond acceptors (Lipinski definition) is 1. The van der Waals surface area contributed by atoms with E-state index in [0.717, 1.165) is 8.58 Å². The fourth-order valence-corrected chi connectivity index (χ4v) is 2.12. The van der Waals surface area contributed by atoms with Gasteiger partial charge in [0.2, 0.25) is 0 Å². The zero-order valence-corrected chi connectivity index (χ0v) is 10.6. The molecule has 0 aromatic heterocycles. The molecule has 0 aliphatic heterocycles. The molecule has 0 aromatic rings. The molecular formula is C10H21PS. The fraction of sp³-hybridized carbons (Fsp3) is 0.800. The lowest BCUT2D eigenvalue weighted by Gasteiger charge is -2.17. The zero-order valence-electron chi connectivity index (χ0n) is 8.74. The quantitative estimate of drug-likeness (QED) is 0.479. The Hall–Kier alpha value is 0.520. The molecule has 0 aliphatic carbocycles. The van der Waals surface area contributed by atoms with E-state index in [0.29, 0.717) is 4.75 Å². The Labute approximate surface area is 83.4 Å². The van der Waals surface area contributed by atoms with Crippen molar-refractivity contribution < 1.29 is 0 Å². The number of allylic oxidation sites excluding steroid dienone is 1. The number of thioether (sulfide) groups is 1. The summed E-state index contributed by atoms with van der Waals surface area (Å²) in [6.45, 7) is 13.0. The van der Waals surface area contributed by atoms with Crippen LogP contribution in [0, 0.1) is 0 Å². The third-order valence-electron chi connectivity index (χ3n) is 1.51. The third kappa shape index (κ3) is 8.62. The fourth-order valence-electron chi connectivity index (χ4n) is 0.789. The second-order valence-corrected chi connectivity index (χ2v) is 7.05. The van der Waals surface area contributed by atoms with Crippen molar-refractivity contribution in [3.63, 3.8) is 0 Å². The first-order valence-electron chi connectivity index (χ1n) is 4.45. The van der Waals surface area contributed by atoms with Gasteiger partial charge in [0.05, 0.1) is 0 Å². The molecule has 0 N–H and O–H groups in total. The van der Waals surface area contributed by atoms with E-state index in [9.17, 15) is 0 Å². The van der Waals surface area contributed by atoms with Crippen molar-refractivity contribution in [2.24, 2.45) is 0 Å². The molecular weight excluding hydrogens is 183 g/mol. The summed E-state index contributed by atoms with van der Waals surface area (Å²) < 4.78 is 0.426. The van der Waals surface area contributed by atoms with Gasteiger partial charge in [0, 0.05) is 4.75 Å². The molecule has 0 amide bonds. The summed E-state index contributed by atoms with van der Waals surface area (Å²) in [5.74, 6) is 1.27. The van der Waals surface area contributed by atoms with Gasteiger partial charge in [-0.1, -0.05) is 41.2 Å². The van der Waals surface area contributed by atoms with Gasteiger partial charge in [0.1, 0.15) is 0 Å². The molecule has 0 radical (unpaired) electrons. The topological polar surface area (TPSA) is 0 Å². The summed E-state index contributed by atoms with van der Waals surface area (Å²) in [5, 5.41) is 1.42. The van der Waals surface area contributed by atoms with E-state index < -0.39 is 0 Å². The highest BCUT2D eigenvalue weighted by Gasteiger charge is 2.09. The molecule has 1 atom stereocenters. The van der Waals surface area contributed by atoms with Crippen LogP contribution in [0.1, 0.15) is 33.6 Å². The Morgan fingerprint density at radius 3 is 2.42 bits per heavy atom. The van der Waals surface area contributed by atoms with Crippen molar-refractivity contribution in [3.05, 3.63) is 11.9 Å². The van der Waals surface area contributed by atoms with Crippen LogP contribution >= 0.6 is 20.3 Å². The van der Waals surface area contributed by atoms with E-state index in [1.807, 2.05) is 11.8 Å². The minimum atomic E-state index is 0.426. The van der Waals surface area contributed by atoms with Crippen molar-refractivity contribution in [1.29, 1.82) is 0 Å². The Morgan fingerprint density at radius 1 is 1.42 bits per heavy atom. The molecule has 0 bridgehead atoms. The molecule has 2 heteroatoms. The maximum absolute atomic E-state index is 4.01. The highest BCUT2D eigenvalue weighted by molar-refractivity contribution is 8.00. The summed E-state index contributed by atoms with van der Waals surface area (Å²) in [7, 11) is 0.926. The molecule has 0 saturated carbocycles. The maximum atomic E-state index is 4.01. The summed E-state index contributed by atoms with van der Waals surface area (Å²) in [6, 6.07) is 0. The Balaban J connectivity index is 3.28. The molecule has 72 valence electrons. The first-order valence-corrected chi connectivity index (χ1v) is 6.94. The van der Waals surface area contributed by atoms with Crippen LogP contribution in [-0.4, -0.2) is 17.2 Å². The molecule has 0 rings (SSSR count). The van der Waals surface area contributed by atoms with Crippen molar-refractivity contribution in [1.82, 2.24) is 0 Å². The lowest BCUT2D eigenvalue weighted by Crippen LogP contribution is -2.08. The lowest BCUT2D eigenvalue weighted by molar-refractivity contribution is 0.798. The SMILES string of the molecule is C=C(CCCSC(C)(C)C)PC. The van der Waals surface area contributed by atoms with E-state index in [2.05, 4.69) is 34.0 Å². The van der Waals surface area contributed by atoms with Gasteiger partial charge in [0.15, 0.2) is 0 Å². The first-order chi connectivity index (χ1) is 5.45. The average Bonchev–Trinajstić information content (AvgIpc) is 1.96. The average molecular weight is 204 g/mol. The van der Waals surface area contributed by atoms with Gasteiger partial charge in [-0.25, -0.2) is 0 Å². The highest BCUT2D eigenvalue weighted by atomic mass is 32.2. The van der Waals surface area contributed by atoms with Crippen LogP contribution in [0.4, 0.5) is 0 Å². The van der Waals surface area contributed by atoms with Crippen molar-refractivity contribution in [3.8, 4) is 0 Å². The molecule has 12 heavy (non-hydrogen) atoms. The van der Waals surface area contributed by atoms with E-state index in [-0.39, 0.29) is 0 Å². The van der Waals surface area contributed by atoms with Crippen LogP contribution in [0.3, 0.4) is 0 Å². The monoisotopic (exact) mass is 204 g/mol. The molecule has 0 heterocycles. The molecule has 1 unspecified atom stereocenters. The van der Waals surface area contributed by atoms with Crippen LogP contribution in [0.5, 0.6) is 0 Å². The smallest absolute Gasteiger partial charge is 0.00750 e. The predicted octanol–water partition coefficient (Wildman–Crippen LogP) is 4.12. The van der Waals surface area contributed by atoms with Gasteiger partial charge in [-0.2, -0.15) is 11.8 Å². The van der Waals surface area contributed by atoms with Crippen molar-refractivity contribution in [2.75, 3.05) is 12.4 Å². The Morgan fingerprint density at radius 2 is 2.00 bits per heavy atom. The number of rotatable bonds is 5. The van der Waals surface area contributed by atoms with E-state index in [1.54, 1.807) is 0 Å². The van der Waals surface area contributed by atoms with Gasteiger partial charge in [-0.3, -0.25) is 0 Å². The van der Waals surface area contributed by atoms with Gasteiger partial charge in [0.25, 0.3) is 0 Å². The van der Waals surface area contributed by atoms with Crippen LogP contribution in [-0.2, 0) is 0 Å². The predicted molar refractivity (Wildman–Crippen MR) is 64.8 cm³/mol. The third-order valence-corrected chi connectivity index (χ3v) is 3.83. The minimum Gasteiger partial charge on any atom is -0.156 e. The molecule has 0 fully saturated rings. The van der Waals surface area contributed by atoms with E-state index in [4.69, 9.17) is 0 Å². The summed E-state index contributed by atoms with van der Waals surface area (Å²) in [4.78, 5) is 0.